The third kappa shape index (κ3) is 2.85. The van der Waals surface area contributed by atoms with Crippen LogP contribution < -0.4 is 5.43 Å². The highest BCUT2D eigenvalue weighted by molar-refractivity contribution is 5.93. The second-order valence-electron chi connectivity index (χ2n) is 3.51. The summed E-state index contributed by atoms with van der Waals surface area (Å²) in [5, 5.41) is 1.51. The standard InChI is InChI=1S/C11H16N2O/c1-9(2)12-13(3)11(14)10-7-5-4-6-8-10/h4-9,12H,1-3H3. The highest BCUT2D eigenvalue weighted by Crippen LogP contribution is 2.01. The first-order valence-corrected chi connectivity index (χ1v) is 4.70. The summed E-state index contributed by atoms with van der Waals surface area (Å²) in [6, 6.07) is 9.48. The lowest BCUT2D eigenvalue weighted by Crippen LogP contribution is -2.43. The summed E-state index contributed by atoms with van der Waals surface area (Å²) in [7, 11) is 1.73. The first-order chi connectivity index (χ1) is 6.61. The van der Waals surface area contributed by atoms with Crippen molar-refractivity contribution in [3.8, 4) is 0 Å². The fraction of sp³-hybridized carbons (Fsp3) is 0.364. The summed E-state index contributed by atoms with van der Waals surface area (Å²) in [4.78, 5) is 11.7. The molecule has 0 atom stereocenters. The molecule has 1 aromatic rings. The zero-order valence-corrected chi connectivity index (χ0v) is 8.82. The molecular weight excluding hydrogens is 176 g/mol. The molecule has 76 valence electrons. The number of nitrogens with one attached hydrogen (secondary N) is 1. The van der Waals surface area contributed by atoms with Crippen LogP contribution in [0, 0.1) is 0 Å². The van der Waals surface area contributed by atoms with Gasteiger partial charge in [-0.1, -0.05) is 18.2 Å². The zero-order chi connectivity index (χ0) is 10.6. The number of hydrazine groups is 1. The van der Waals surface area contributed by atoms with Crippen LogP contribution in [0.3, 0.4) is 0 Å². The first kappa shape index (κ1) is 10.7. The van der Waals surface area contributed by atoms with Gasteiger partial charge < -0.3 is 0 Å². The van der Waals surface area contributed by atoms with Crippen LogP contribution >= 0.6 is 0 Å². The Labute approximate surface area is 84.7 Å². The van der Waals surface area contributed by atoms with Crippen LogP contribution in [0.4, 0.5) is 0 Å². The smallest absolute Gasteiger partial charge is 0.267 e. The fourth-order valence-electron chi connectivity index (χ4n) is 1.22. The lowest BCUT2D eigenvalue weighted by Gasteiger charge is -2.20. The SMILES string of the molecule is CC(C)NN(C)C(=O)c1ccccc1. The van der Waals surface area contributed by atoms with Crippen molar-refractivity contribution in [2.24, 2.45) is 0 Å². The van der Waals surface area contributed by atoms with Crippen molar-refractivity contribution < 1.29 is 4.79 Å². The van der Waals surface area contributed by atoms with E-state index in [2.05, 4.69) is 5.43 Å². The van der Waals surface area contributed by atoms with Crippen molar-refractivity contribution in [1.29, 1.82) is 0 Å². The highest BCUT2D eigenvalue weighted by atomic mass is 16.2. The minimum absolute atomic E-state index is 0.0145. The molecule has 0 aromatic heterocycles. The molecule has 14 heavy (non-hydrogen) atoms. The number of benzene rings is 1. The Kier molecular flexibility index (Phi) is 3.65. The van der Waals surface area contributed by atoms with E-state index in [4.69, 9.17) is 0 Å². The maximum Gasteiger partial charge on any atom is 0.267 e. The second-order valence-corrected chi connectivity index (χ2v) is 3.51. The molecular formula is C11H16N2O. The van der Waals surface area contributed by atoms with Crippen molar-refractivity contribution in [1.82, 2.24) is 10.4 Å². The first-order valence-electron chi connectivity index (χ1n) is 4.70. The molecule has 0 radical (unpaired) electrons. The molecule has 1 N–H and O–H groups in total. The van der Waals surface area contributed by atoms with Gasteiger partial charge in [-0.2, -0.15) is 0 Å². The van der Waals surface area contributed by atoms with E-state index in [1.165, 1.54) is 5.01 Å². The van der Waals surface area contributed by atoms with Crippen LogP contribution in [0.5, 0.6) is 0 Å². The van der Waals surface area contributed by atoms with Gasteiger partial charge in [0.2, 0.25) is 0 Å². The molecule has 0 heterocycles. The molecule has 1 rings (SSSR count). The molecule has 0 bridgehead atoms. The Morgan fingerprint density at radius 1 is 1.29 bits per heavy atom. The van der Waals surface area contributed by atoms with Crippen molar-refractivity contribution in [3.63, 3.8) is 0 Å². The second kappa shape index (κ2) is 4.77. The normalized spacial score (nSPS) is 10.3. The molecule has 1 aromatic carbocycles. The molecule has 1 amide bonds. The Balaban J connectivity index is 2.66. The fourth-order valence-corrected chi connectivity index (χ4v) is 1.22. The van der Waals surface area contributed by atoms with Crippen LogP contribution in [0.15, 0.2) is 30.3 Å². The molecule has 3 heteroatoms. The molecule has 0 saturated carbocycles. The third-order valence-corrected chi connectivity index (χ3v) is 1.78. The summed E-state index contributed by atoms with van der Waals surface area (Å²) in [5.74, 6) is -0.0145. The average molecular weight is 192 g/mol. The highest BCUT2D eigenvalue weighted by Gasteiger charge is 2.10. The van der Waals surface area contributed by atoms with Gasteiger partial charge >= 0.3 is 0 Å². The van der Waals surface area contributed by atoms with Crippen molar-refractivity contribution in [3.05, 3.63) is 35.9 Å². The van der Waals surface area contributed by atoms with E-state index in [1.807, 2.05) is 32.0 Å². The summed E-state index contributed by atoms with van der Waals surface area (Å²) < 4.78 is 0. The molecule has 0 aliphatic rings. The minimum Gasteiger partial charge on any atom is -0.277 e. The summed E-state index contributed by atoms with van der Waals surface area (Å²) in [6.07, 6.45) is 0. The van der Waals surface area contributed by atoms with Gasteiger partial charge in [-0.15, -0.1) is 0 Å². The van der Waals surface area contributed by atoms with Gasteiger partial charge in [-0.25, -0.2) is 5.43 Å². The van der Waals surface area contributed by atoms with Crippen LogP contribution in [-0.4, -0.2) is 24.0 Å². The Bertz CT molecular complexity index is 295. The molecule has 0 spiro atoms. The average Bonchev–Trinajstić information content (AvgIpc) is 2.17. The Morgan fingerprint density at radius 3 is 2.36 bits per heavy atom. The van der Waals surface area contributed by atoms with Gasteiger partial charge in [0.1, 0.15) is 0 Å². The minimum atomic E-state index is -0.0145. The quantitative estimate of drug-likeness (QED) is 0.739. The third-order valence-electron chi connectivity index (χ3n) is 1.78. The molecule has 3 nitrogen and oxygen atoms in total. The summed E-state index contributed by atoms with van der Waals surface area (Å²) >= 11 is 0. The number of nitrogens with zero attached hydrogens (tertiary/aromatic N) is 1. The van der Waals surface area contributed by atoms with E-state index in [-0.39, 0.29) is 11.9 Å². The van der Waals surface area contributed by atoms with Gasteiger partial charge in [-0.05, 0) is 26.0 Å². The van der Waals surface area contributed by atoms with Crippen molar-refractivity contribution in [2.75, 3.05) is 7.05 Å². The molecule has 0 aliphatic carbocycles. The Hall–Kier alpha value is -1.35. The largest absolute Gasteiger partial charge is 0.277 e. The topological polar surface area (TPSA) is 32.3 Å². The lowest BCUT2D eigenvalue weighted by molar-refractivity contribution is 0.0694. The van der Waals surface area contributed by atoms with Crippen LogP contribution in [0.2, 0.25) is 0 Å². The number of carbonyl (C=O) groups is 1. The van der Waals surface area contributed by atoms with E-state index in [0.29, 0.717) is 5.56 Å². The Morgan fingerprint density at radius 2 is 1.86 bits per heavy atom. The van der Waals surface area contributed by atoms with E-state index in [1.54, 1.807) is 19.2 Å². The number of hydrogen-bond donors (Lipinski definition) is 1. The predicted octanol–water partition coefficient (Wildman–Crippen LogP) is 1.67. The number of amides is 1. The van der Waals surface area contributed by atoms with Crippen LogP contribution in [-0.2, 0) is 0 Å². The summed E-state index contributed by atoms with van der Waals surface area (Å²) in [6.45, 7) is 3.99. The molecule has 0 unspecified atom stereocenters. The zero-order valence-electron chi connectivity index (χ0n) is 8.82. The van der Waals surface area contributed by atoms with Crippen molar-refractivity contribution in [2.45, 2.75) is 19.9 Å². The maximum atomic E-state index is 11.7. The number of rotatable bonds is 3. The predicted molar refractivity (Wildman–Crippen MR) is 56.8 cm³/mol. The van der Waals surface area contributed by atoms with E-state index in [9.17, 15) is 4.79 Å². The van der Waals surface area contributed by atoms with Gasteiger partial charge in [0, 0.05) is 18.7 Å². The van der Waals surface area contributed by atoms with Crippen LogP contribution in [0.25, 0.3) is 0 Å². The molecule has 0 saturated heterocycles. The van der Waals surface area contributed by atoms with E-state index >= 15 is 0 Å². The van der Waals surface area contributed by atoms with Crippen LogP contribution in [0.1, 0.15) is 24.2 Å². The van der Waals surface area contributed by atoms with E-state index < -0.39 is 0 Å². The summed E-state index contributed by atoms with van der Waals surface area (Å²) in [5.41, 5.74) is 3.72. The number of carbonyl (C=O) groups excluding carboxylic acids is 1. The lowest BCUT2D eigenvalue weighted by atomic mass is 10.2. The van der Waals surface area contributed by atoms with Crippen molar-refractivity contribution >= 4 is 5.91 Å². The molecule has 0 fully saturated rings. The van der Waals surface area contributed by atoms with Gasteiger partial charge in [-0.3, -0.25) is 9.80 Å². The molecule has 0 aliphatic heterocycles. The van der Waals surface area contributed by atoms with E-state index in [0.717, 1.165) is 0 Å². The van der Waals surface area contributed by atoms with Gasteiger partial charge in [0.15, 0.2) is 0 Å². The number of hydrogen-bond acceptors (Lipinski definition) is 2. The maximum absolute atomic E-state index is 11.7. The van der Waals surface area contributed by atoms with Gasteiger partial charge in [0.25, 0.3) is 5.91 Å². The van der Waals surface area contributed by atoms with Gasteiger partial charge in [0.05, 0.1) is 0 Å². The monoisotopic (exact) mass is 192 g/mol.